The molecule has 4 nitrogen and oxygen atoms in total. The van der Waals surface area contributed by atoms with Gasteiger partial charge in [0.2, 0.25) is 0 Å². The molecule has 6 heteroatoms. The highest BCUT2D eigenvalue weighted by atomic mass is 19.2. The number of benzene rings is 2. The van der Waals surface area contributed by atoms with Gasteiger partial charge < -0.3 is 10.2 Å². The van der Waals surface area contributed by atoms with Gasteiger partial charge in [0.25, 0.3) is 5.91 Å². The van der Waals surface area contributed by atoms with Crippen LogP contribution in [0, 0.1) is 11.6 Å². The van der Waals surface area contributed by atoms with E-state index in [-0.39, 0.29) is 11.4 Å². The zero-order valence-corrected chi connectivity index (χ0v) is 14.5. The Morgan fingerprint density at radius 3 is 2.63 bits per heavy atom. The van der Waals surface area contributed by atoms with E-state index in [4.69, 9.17) is 0 Å². The van der Waals surface area contributed by atoms with E-state index in [2.05, 4.69) is 27.3 Å². The fraction of sp³-hybridized carbons (Fsp3) is 0.143. The number of carbonyl (C=O) groups excluding carboxylic acids is 1. The van der Waals surface area contributed by atoms with Gasteiger partial charge in [0.1, 0.15) is 5.69 Å². The van der Waals surface area contributed by atoms with Crippen molar-refractivity contribution < 1.29 is 13.6 Å². The number of carbonyl (C=O) groups is 1. The predicted octanol–water partition coefficient (Wildman–Crippen LogP) is 4.17. The normalized spacial score (nSPS) is 13.2. The summed E-state index contributed by atoms with van der Waals surface area (Å²) < 4.78 is 26.3. The largest absolute Gasteiger partial charge is 0.367 e. The first-order chi connectivity index (χ1) is 13.1. The number of rotatable bonds is 3. The summed E-state index contributed by atoms with van der Waals surface area (Å²) in [4.78, 5) is 18.7. The molecule has 0 bridgehead atoms. The lowest BCUT2D eigenvalue weighted by atomic mass is 9.99. The van der Waals surface area contributed by atoms with E-state index in [1.807, 2.05) is 18.2 Å². The van der Waals surface area contributed by atoms with Crippen LogP contribution in [0.1, 0.15) is 21.6 Å². The Morgan fingerprint density at radius 2 is 1.81 bits per heavy atom. The molecule has 0 saturated carbocycles. The van der Waals surface area contributed by atoms with E-state index < -0.39 is 17.5 Å². The lowest BCUT2D eigenvalue weighted by molar-refractivity contribution is 0.102. The molecule has 0 saturated heterocycles. The van der Waals surface area contributed by atoms with Crippen LogP contribution in [0.3, 0.4) is 0 Å². The summed E-state index contributed by atoms with van der Waals surface area (Å²) in [6.45, 7) is 1.62. The second-order valence-electron chi connectivity index (χ2n) is 6.42. The Hall–Kier alpha value is -3.28. The van der Waals surface area contributed by atoms with Crippen LogP contribution in [0.15, 0.2) is 60.8 Å². The molecule has 1 aromatic heterocycles. The van der Waals surface area contributed by atoms with Gasteiger partial charge in [-0.2, -0.15) is 0 Å². The third kappa shape index (κ3) is 3.65. The number of hydrogen-bond acceptors (Lipinski definition) is 3. The molecular formula is C21H17F2N3O. The molecule has 27 heavy (non-hydrogen) atoms. The van der Waals surface area contributed by atoms with E-state index in [0.29, 0.717) is 0 Å². The molecular weight excluding hydrogens is 348 g/mol. The molecule has 1 aliphatic rings. The maximum atomic E-state index is 13.3. The molecule has 0 fully saturated rings. The first-order valence-corrected chi connectivity index (χ1v) is 8.64. The number of hydrogen-bond donors (Lipinski definition) is 1. The Morgan fingerprint density at radius 1 is 1.00 bits per heavy atom. The molecule has 1 amide bonds. The van der Waals surface area contributed by atoms with Crippen LogP contribution in [0.4, 0.5) is 20.2 Å². The van der Waals surface area contributed by atoms with Crippen molar-refractivity contribution in [1.82, 2.24) is 4.98 Å². The van der Waals surface area contributed by atoms with Gasteiger partial charge in [-0.15, -0.1) is 0 Å². The summed E-state index contributed by atoms with van der Waals surface area (Å²) in [6.07, 6.45) is 2.52. The minimum absolute atomic E-state index is 0.179. The summed E-state index contributed by atoms with van der Waals surface area (Å²) in [5.74, 6) is -2.44. The summed E-state index contributed by atoms with van der Waals surface area (Å²) in [5.41, 5.74) is 3.91. The maximum Gasteiger partial charge on any atom is 0.274 e. The third-order valence-corrected chi connectivity index (χ3v) is 4.65. The summed E-state index contributed by atoms with van der Waals surface area (Å²) >= 11 is 0. The van der Waals surface area contributed by atoms with Crippen molar-refractivity contribution in [2.45, 2.75) is 13.0 Å². The monoisotopic (exact) mass is 365 g/mol. The van der Waals surface area contributed by atoms with Gasteiger partial charge in [0.15, 0.2) is 11.6 Å². The average Bonchev–Trinajstić information content (AvgIpc) is 2.70. The quantitative estimate of drug-likeness (QED) is 0.758. The zero-order chi connectivity index (χ0) is 18.8. The highest BCUT2D eigenvalue weighted by Crippen LogP contribution is 2.24. The van der Waals surface area contributed by atoms with Crippen molar-refractivity contribution in [2.75, 3.05) is 16.8 Å². The second kappa shape index (κ2) is 7.15. The van der Waals surface area contributed by atoms with Gasteiger partial charge in [0.05, 0.1) is 0 Å². The molecule has 4 rings (SSSR count). The minimum atomic E-state index is -1.01. The van der Waals surface area contributed by atoms with Crippen LogP contribution in [0.2, 0.25) is 0 Å². The fourth-order valence-corrected chi connectivity index (χ4v) is 3.23. The first kappa shape index (κ1) is 17.1. The fourth-order valence-electron chi connectivity index (χ4n) is 3.23. The van der Waals surface area contributed by atoms with Gasteiger partial charge in [-0.25, -0.2) is 8.78 Å². The van der Waals surface area contributed by atoms with E-state index in [9.17, 15) is 13.6 Å². The highest BCUT2D eigenvalue weighted by molar-refractivity contribution is 6.03. The van der Waals surface area contributed by atoms with Crippen molar-refractivity contribution in [3.8, 4) is 0 Å². The zero-order valence-electron chi connectivity index (χ0n) is 14.5. The van der Waals surface area contributed by atoms with Gasteiger partial charge in [-0.1, -0.05) is 24.3 Å². The topological polar surface area (TPSA) is 45.2 Å². The van der Waals surface area contributed by atoms with Crippen molar-refractivity contribution in [3.63, 3.8) is 0 Å². The first-order valence-electron chi connectivity index (χ1n) is 8.64. The predicted molar refractivity (Wildman–Crippen MR) is 99.7 cm³/mol. The Labute approximate surface area is 155 Å². The van der Waals surface area contributed by atoms with Crippen LogP contribution in [-0.2, 0) is 13.0 Å². The Bertz CT molecular complexity index is 1010. The van der Waals surface area contributed by atoms with E-state index in [0.717, 1.165) is 37.3 Å². The molecule has 0 radical (unpaired) electrons. The summed E-state index contributed by atoms with van der Waals surface area (Å²) in [5, 5.41) is 2.55. The number of nitrogens with zero attached hydrogens (tertiary/aromatic N) is 2. The van der Waals surface area contributed by atoms with Crippen molar-refractivity contribution in [2.24, 2.45) is 0 Å². The van der Waals surface area contributed by atoms with E-state index in [1.165, 1.54) is 17.2 Å². The van der Waals surface area contributed by atoms with E-state index >= 15 is 0 Å². The number of aromatic nitrogens is 1. The SMILES string of the molecule is O=C(Nc1ccc(F)c(F)c1)c1cc(N2CCc3ccccc3C2)ccn1. The number of pyridine rings is 1. The maximum absolute atomic E-state index is 13.3. The summed E-state index contributed by atoms with van der Waals surface area (Å²) in [6, 6.07) is 15.1. The lowest BCUT2D eigenvalue weighted by Gasteiger charge is -2.30. The molecule has 0 aliphatic carbocycles. The standard InChI is InChI=1S/C21H17F2N3O/c22-18-6-5-16(11-19(18)23)25-21(27)20-12-17(7-9-24-20)26-10-8-14-3-1-2-4-15(14)13-26/h1-7,9,11-12H,8,10,13H2,(H,25,27). The summed E-state index contributed by atoms with van der Waals surface area (Å²) in [7, 11) is 0. The third-order valence-electron chi connectivity index (χ3n) is 4.65. The number of halogens is 2. The average molecular weight is 365 g/mol. The van der Waals surface area contributed by atoms with Crippen molar-refractivity contribution >= 4 is 17.3 Å². The molecule has 2 aromatic carbocycles. The molecule has 1 aliphatic heterocycles. The van der Waals surface area contributed by atoms with Gasteiger partial charge in [-0.3, -0.25) is 9.78 Å². The Kier molecular flexibility index (Phi) is 4.54. The number of nitrogens with one attached hydrogen (secondary N) is 1. The Balaban J connectivity index is 1.52. The molecule has 0 unspecified atom stereocenters. The number of fused-ring (bicyclic) bond motifs is 1. The van der Waals surface area contributed by atoms with Crippen LogP contribution >= 0.6 is 0 Å². The van der Waals surface area contributed by atoms with Gasteiger partial charge in [-0.05, 0) is 41.8 Å². The molecule has 0 atom stereocenters. The molecule has 3 aromatic rings. The number of amides is 1. The van der Waals surface area contributed by atoms with Crippen LogP contribution < -0.4 is 10.2 Å². The van der Waals surface area contributed by atoms with Crippen LogP contribution in [0.25, 0.3) is 0 Å². The lowest BCUT2D eigenvalue weighted by Crippen LogP contribution is -2.30. The molecule has 1 N–H and O–H groups in total. The van der Waals surface area contributed by atoms with Gasteiger partial charge in [0, 0.05) is 36.7 Å². The van der Waals surface area contributed by atoms with Crippen LogP contribution in [0.5, 0.6) is 0 Å². The molecule has 2 heterocycles. The minimum Gasteiger partial charge on any atom is -0.367 e. The number of anilines is 2. The van der Waals surface area contributed by atoms with Crippen LogP contribution in [-0.4, -0.2) is 17.4 Å². The smallest absolute Gasteiger partial charge is 0.274 e. The highest BCUT2D eigenvalue weighted by Gasteiger charge is 2.18. The van der Waals surface area contributed by atoms with Crippen molar-refractivity contribution in [3.05, 3.63) is 89.2 Å². The molecule has 0 spiro atoms. The second-order valence-corrected chi connectivity index (χ2v) is 6.42. The van der Waals surface area contributed by atoms with Gasteiger partial charge >= 0.3 is 0 Å². The van der Waals surface area contributed by atoms with Crippen molar-refractivity contribution in [1.29, 1.82) is 0 Å². The van der Waals surface area contributed by atoms with E-state index in [1.54, 1.807) is 12.3 Å². The molecule has 136 valence electrons.